The molecular formula is C10H11Br2F2N. The third-order valence-electron chi connectivity index (χ3n) is 1.93. The topological polar surface area (TPSA) is 12.0 Å². The number of halogens is 4. The molecule has 0 fully saturated rings. The van der Waals surface area contributed by atoms with Gasteiger partial charge in [-0.15, -0.1) is 0 Å². The van der Waals surface area contributed by atoms with Gasteiger partial charge in [-0.05, 0) is 41.0 Å². The van der Waals surface area contributed by atoms with Gasteiger partial charge in [0.2, 0.25) is 0 Å². The third-order valence-corrected chi connectivity index (χ3v) is 3.10. The van der Waals surface area contributed by atoms with Crippen LogP contribution in [-0.2, 0) is 6.54 Å². The molecule has 0 spiro atoms. The van der Waals surface area contributed by atoms with Crippen LogP contribution in [0.4, 0.5) is 8.78 Å². The van der Waals surface area contributed by atoms with Crippen molar-refractivity contribution in [2.75, 3.05) is 11.9 Å². The molecule has 1 N–H and O–H groups in total. The number of benzene rings is 1. The first-order chi connectivity index (χ1) is 7.16. The van der Waals surface area contributed by atoms with E-state index in [9.17, 15) is 8.78 Å². The van der Waals surface area contributed by atoms with Crippen molar-refractivity contribution in [1.82, 2.24) is 5.32 Å². The van der Waals surface area contributed by atoms with E-state index in [1.165, 1.54) is 12.1 Å². The van der Waals surface area contributed by atoms with E-state index in [1.807, 2.05) is 0 Å². The first-order valence-electron chi connectivity index (χ1n) is 4.56. The molecule has 5 heteroatoms. The average Bonchev–Trinajstić information content (AvgIpc) is 2.23. The molecule has 0 unspecified atom stereocenters. The highest BCUT2D eigenvalue weighted by Crippen LogP contribution is 2.21. The highest BCUT2D eigenvalue weighted by atomic mass is 79.9. The normalized spacial score (nSPS) is 10.7. The summed E-state index contributed by atoms with van der Waals surface area (Å²) in [6.45, 7) is 0.945. The zero-order valence-corrected chi connectivity index (χ0v) is 11.2. The second-order valence-electron chi connectivity index (χ2n) is 3.04. The molecule has 0 radical (unpaired) electrons. The summed E-state index contributed by atoms with van der Waals surface area (Å²) in [5, 5.41) is 3.86. The lowest BCUT2D eigenvalue weighted by Crippen LogP contribution is -2.17. The smallest absolute Gasteiger partial charge is 0.144 e. The molecule has 15 heavy (non-hydrogen) atoms. The van der Waals surface area contributed by atoms with Crippen molar-refractivity contribution in [1.29, 1.82) is 0 Å². The fourth-order valence-corrected chi connectivity index (χ4v) is 1.79. The Hall–Kier alpha value is -0.000000000000000111. The van der Waals surface area contributed by atoms with E-state index in [0.717, 1.165) is 18.3 Å². The lowest BCUT2D eigenvalue weighted by molar-refractivity contribution is 0.532. The molecule has 0 aliphatic rings. The quantitative estimate of drug-likeness (QED) is 0.489. The lowest BCUT2D eigenvalue weighted by atomic mass is 10.2. The number of rotatable bonds is 5. The van der Waals surface area contributed by atoms with Crippen molar-refractivity contribution in [3.63, 3.8) is 0 Å². The summed E-state index contributed by atoms with van der Waals surface area (Å²) in [4.78, 5) is 0. The van der Waals surface area contributed by atoms with Gasteiger partial charge in [-0.1, -0.05) is 15.9 Å². The molecule has 0 bridgehead atoms. The molecule has 0 heterocycles. The Morgan fingerprint density at radius 1 is 1.27 bits per heavy atom. The summed E-state index contributed by atoms with van der Waals surface area (Å²) < 4.78 is 27.0. The standard InChI is InChI=1S/C10H11Br2F2N/c11-4-1-5-15-6-7-9(13)3-2-8(12)10(7)14/h2-3,15H,1,4-6H2. The maximum absolute atomic E-state index is 13.4. The maximum atomic E-state index is 13.4. The Morgan fingerprint density at radius 2 is 2.00 bits per heavy atom. The van der Waals surface area contributed by atoms with Gasteiger partial charge in [0.05, 0.1) is 4.47 Å². The second-order valence-corrected chi connectivity index (χ2v) is 4.69. The average molecular weight is 343 g/mol. The van der Waals surface area contributed by atoms with Gasteiger partial charge in [0.15, 0.2) is 0 Å². The largest absolute Gasteiger partial charge is 0.312 e. The van der Waals surface area contributed by atoms with Gasteiger partial charge >= 0.3 is 0 Å². The highest BCUT2D eigenvalue weighted by Gasteiger charge is 2.11. The Morgan fingerprint density at radius 3 is 2.67 bits per heavy atom. The molecule has 1 aromatic carbocycles. The lowest BCUT2D eigenvalue weighted by Gasteiger charge is -2.07. The van der Waals surface area contributed by atoms with E-state index in [-0.39, 0.29) is 12.1 Å². The van der Waals surface area contributed by atoms with Crippen LogP contribution in [0.25, 0.3) is 0 Å². The molecule has 1 nitrogen and oxygen atoms in total. The minimum atomic E-state index is -0.527. The molecule has 0 aliphatic heterocycles. The molecule has 84 valence electrons. The van der Waals surface area contributed by atoms with Crippen LogP contribution in [-0.4, -0.2) is 11.9 Å². The highest BCUT2D eigenvalue weighted by molar-refractivity contribution is 9.10. The van der Waals surface area contributed by atoms with E-state index >= 15 is 0 Å². The SMILES string of the molecule is Fc1ccc(Br)c(F)c1CNCCCBr. The number of hydrogen-bond acceptors (Lipinski definition) is 1. The first-order valence-corrected chi connectivity index (χ1v) is 6.47. The summed E-state index contributed by atoms with van der Waals surface area (Å²) in [7, 11) is 0. The third kappa shape index (κ3) is 3.81. The van der Waals surface area contributed by atoms with E-state index in [4.69, 9.17) is 0 Å². The molecule has 0 amide bonds. The second kappa shape index (κ2) is 6.55. The molecule has 0 saturated carbocycles. The minimum absolute atomic E-state index is 0.0824. The maximum Gasteiger partial charge on any atom is 0.144 e. The van der Waals surface area contributed by atoms with Gasteiger partial charge in [0.25, 0.3) is 0 Å². The minimum Gasteiger partial charge on any atom is -0.312 e. The van der Waals surface area contributed by atoms with Crippen molar-refractivity contribution in [3.05, 3.63) is 33.8 Å². The van der Waals surface area contributed by atoms with Gasteiger partial charge in [-0.25, -0.2) is 8.78 Å². The monoisotopic (exact) mass is 341 g/mol. The first kappa shape index (κ1) is 13.1. The van der Waals surface area contributed by atoms with Crippen LogP contribution in [0.3, 0.4) is 0 Å². The molecule has 0 aliphatic carbocycles. The Kier molecular flexibility index (Phi) is 5.71. The van der Waals surface area contributed by atoms with Gasteiger partial charge in [-0.3, -0.25) is 0 Å². The summed E-state index contributed by atoms with van der Waals surface area (Å²) in [6, 6.07) is 2.63. The van der Waals surface area contributed by atoms with Crippen LogP contribution in [0.15, 0.2) is 16.6 Å². The van der Waals surface area contributed by atoms with Crippen LogP contribution in [0.2, 0.25) is 0 Å². The molecule has 1 aromatic rings. The fraction of sp³-hybridized carbons (Fsp3) is 0.400. The summed E-state index contributed by atoms with van der Waals surface area (Å²) in [6.07, 6.45) is 0.928. The predicted molar refractivity (Wildman–Crippen MR) is 64.2 cm³/mol. The molecule has 0 atom stereocenters. The predicted octanol–water partition coefficient (Wildman–Crippen LogP) is 3.60. The van der Waals surface area contributed by atoms with Crippen LogP contribution < -0.4 is 5.32 Å². The van der Waals surface area contributed by atoms with Crippen molar-refractivity contribution < 1.29 is 8.78 Å². The summed E-state index contributed by atoms with van der Waals surface area (Å²) >= 11 is 6.31. The Balaban J connectivity index is 2.63. The van der Waals surface area contributed by atoms with Crippen LogP contribution in [0.1, 0.15) is 12.0 Å². The van der Waals surface area contributed by atoms with Crippen molar-refractivity contribution in [2.45, 2.75) is 13.0 Å². The van der Waals surface area contributed by atoms with Crippen molar-refractivity contribution in [3.8, 4) is 0 Å². The number of hydrogen-bond donors (Lipinski definition) is 1. The van der Waals surface area contributed by atoms with Gasteiger partial charge in [-0.2, -0.15) is 0 Å². The van der Waals surface area contributed by atoms with Gasteiger partial charge in [0, 0.05) is 17.4 Å². The zero-order chi connectivity index (χ0) is 11.3. The van der Waals surface area contributed by atoms with Crippen molar-refractivity contribution >= 4 is 31.9 Å². The number of nitrogens with one attached hydrogen (secondary N) is 1. The molecular weight excluding hydrogens is 332 g/mol. The van der Waals surface area contributed by atoms with Crippen LogP contribution in [0, 0.1) is 11.6 Å². The van der Waals surface area contributed by atoms with Crippen molar-refractivity contribution in [2.24, 2.45) is 0 Å². The van der Waals surface area contributed by atoms with E-state index < -0.39 is 11.6 Å². The summed E-state index contributed by atoms with van der Waals surface area (Å²) in [5.74, 6) is -1.04. The Labute approximate surface area is 105 Å². The zero-order valence-electron chi connectivity index (χ0n) is 7.99. The summed E-state index contributed by atoms with van der Waals surface area (Å²) in [5.41, 5.74) is 0.0824. The molecule has 0 saturated heterocycles. The van der Waals surface area contributed by atoms with Crippen LogP contribution in [0.5, 0.6) is 0 Å². The number of alkyl halides is 1. The Bertz CT molecular complexity index is 331. The van der Waals surface area contributed by atoms with Gasteiger partial charge in [0.1, 0.15) is 11.6 Å². The van der Waals surface area contributed by atoms with E-state index in [2.05, 4.69) is 37.2 Å². The fourth-order valence-electron chi connectivity index (χ4n) is 1.14. The van der Waals surface area contributed by atoms with E-state index in [0.29, 0.717) is 4.47 Å². The van der Waals surface area contributed by atoms with E-state index in [1.54, 1.807) is 0 Å². The molecule has 0 aromatic heterocycles. The molecule has 1 rings (SSSR count). The van der Waals surface area contributed by atoms with Gasteiger partial charge < -0.3 is 5.32 Å². The van der Waals surface area contributed by atoms with Crippen LogP contribution >= 0.6 is 31.9 Å².